The summed E-state index contributed by atoms with van der Waals surface area (Å²) in [5, 5.41) is 13.0. The Morgan fingerprint density at radius 1 is 1.38 bits per heavy atom. The van der Waals surface area contributed by atoms with Crippen molar-refractivity contribution in [3.8, 4) is 0 Å². The molecule has 2 bridgehead atoms. The molecule has 0 radical (unpaired) electrons. The van der Waals surface area contributed by atoms with Crippen molar-refractivity contribution in [3.05, 3.63) is 0 Å². The molecule has 3 saturated heterocycles. The molecule has 1 spiro atoms. The number of aliphatic hydroxyl groups is 1. The van der Waals surface area contributed by atoms with Crippen molar-refractivity contribution in [2.45, 2.75) is 83.7 Å². The number of fused-ring (bicyclic) bond motifs is 1. The van der Waals surface area contributed by atoms with Crippen LogP contribution in [-0.4, -0.2) is 70.3 Å². The number of hydrogen-bond donors (Lipinski definition) is 2. The van der Waals surface area contributed by atoms with Gasteiger partial charge in [0.2, 0.25) is 11.8 Å². The van der Waals surface area contributed by atoms with Crippen LogP contribution in [0.2, 0.25) is 0 Å². The van der Waals surface area contributed by atoms with E-state index in [-0.39, 0.29) is 30.9 Å². The fourth-order valence-electron chi connectivity index (χ4n) is 5.31. The highest BCUT2D eigenvalue weighted by atomic mass is 16.6. The average molecular weight is 411 g/mol. The minimum atomic E-state index is -1.06. The SMILES string of the molecule is CCOC(=O)[C@@H]1[C@@H]2CCC3(O2)C(C(=O)NC(C)(C)C)N([C@@H](CO)C(C)C)C(=O)[C@H]13. The van der Waals surface area contributed by atoms with Gasteiger partial charge in [-0.2, -0.15) is 0 Å². The van der Waals surface area contributed by atoms with Gasteiger partial charge in [0.15, 0.2) is 0 Å². The molecule has 3 aliphatic heterocycles. The lowest BCUT2D eigenvalue weighted by Gasteiger charge is -2.39. The van der Waals surface area contributed by atoms with Crippen LogP contribution in [0.3, 0.4) is 0 Å². The van der Waals surface area contributed by atoms with E-state index in [1.54, 1.807) is 6.92 Å². The fraction of sp³-hybridized carbons (Fsp3) is 0.857. The number of ether oxygens (including phenoxy) is 2. The Balaban J connectivity index is 2.07. The van der Waals surface area contributed by atoms with Gasteiger partial charge in [-0.3, -0.25) is 14.4 Å². The summed E-state index contributed by atoms with van der Waals surface area (Å²) in [5.41, 5.74) is -1.55. The average Bonchev–Trinajstić information content (AvgIpc) is 3.22. The van der Waals surface area contributed by atoms with Crippen LogP contribution in [0, 0.1) is 17.8 Å². The number of nitrogens with one attached hydrogen (secondary N) is 1. The standard InChI is InChI=1S/C21H34N2O6/c1-7-28-19(27)14-13-8-9-21(29-13)15(14)18(26)23(12(10-24)11(2)3)16(21)17(25)22-20(4,5)6/h11-16,24H,7-10H2,1-6H3,(H,22,25)/t12-,13-,14+,15-,16?,21?/m0/s1. The molecule has 6 atom stereocenters. The number of aliphatic hydroxyl groups excluding tert-OH is 1. The Bertz CT molecular complexity index is 687. The van der Waals surface area contributed by atoms with E-state index in [9.17, 15) is 19.5 Å². The van der Waals surface area contributed by atoms with Crippen molar-refractivity contribution in [1.82, 2.24) is 10.2 Å². The van der Waals surface area contributed by atoms with Crippen LogP contribution >= 0.6 is 0 Å². The van der Waals surface area contributed by atoms with Crippen molar-refractivity contribution in [2.75, 3.05) is 13.2 Å². The third-order valence-corrected chi connectivity index (χ3v) is 6.36. The summed E-state index contributed by atoms with van der Waals surface area (Å²) in [7, 11) is 0. The van der Waals surface area contributed by atoms with E-state index in [4.69, 9.17) is 9.47 Å². The minimum absolute atomic E-state index is 0.0673. The molecule has 29 heavy (non-hydrogen) atoms. The van der Waals surface area contributed by atoms with Crippen LogP contribution in [-0.2, 0) is 23.9 Å². The zero-order valence-electron chi connectivity index (χ0n) is 18.2. The molecule has 2 unspecified atom stereocenters. The summed E-state index contributed by atoms with van der Waals surface area (Å²) in [6.45, 7) is 11.1. The Hall–Kier alpha value is -1.67. The summed E-state index contributed by atoms with van der Waals surface area (Å²) in [4.78, 5) is 41.2. The Morgan fingerprint density at radius 2 is 2.03 bits per heavy atom. The van der Waals surface area contributed by atoms with Gasteiger partial charge in [0, 0.05) is 5.54 Å². The van der Waals surface area contributed by atoms with E-state index in [2.05, 4.69) is 5.32 Å². The van der Waals surface area contributed by atoms with E-state index >= 15 is 0 Å². The highest BCUT2D eigenvalue weighted by Crippen LogP contribution is 2.59. The largest absolute Gasteiger partial charge is 0.466 e. The first-order chi connectivity index (χ1) is 13.5. The summed E-state index contributed by atoms with van der Waals surface area (Å²) in [6.07, 6.45) is 0.715. The highest BCUT2D eigenvalue weighted by Gasteiger charge is 2.75. The van der Waals surface area contributed by atoms with E-state index in [0.717, 1.165) is 0 Å². The minimum Gasteiger partial charge on any atom is -0.466 e. The molecular weight excluding hydrogens is 376 g/mol. The highest BCUT2D eigenvalue weighted by molar-refractivity contribution is 5.98. The molecule has 3 fully saturated rings. The van der Waals surface area contributed by atoms with Crippen molar-refractivity contribution in [2.24, 2.45) is 17.8 Å². The van der Waals surface area contributed by atoms with Gasteiger partial charge < -0.3 is 24.8 Å². The van der Waals surface area contributed by atoms with Crippen LogP contribution in [0.5, 0.6) is 0 Å². The van der Waals surface area contributed by atoms with Crippen LogP contribution in [0.4, 0.5) is 0 Å². The number of esters is 1. The van der Waals surface area contributed by atoms with Crippen molar-refractivity contribution in [3.63, 3.8) is 0 Å². The van der Waals surface area contributed by atoms with Gasteiger partial charge in [-0.25, -0.2) is 0 Å². The molecule has 2 N–H and O–H groups in total. The lowest BCUT2D eigenvalue weighted by molar-refractivity contribution is -0.155. The topological polar surface area (TPSA) is 105 Å². The lowest BCUT2D eigenvalue weighted by atomic mass is 9.70. The lowest BCUT2D eigenvalue weighted by Crippen LogP contribution is -2.61. The van der Waals surface area contributed by atoms with E-state index in [1.807, 2.05) is 34.6 Å². The molecular formula is C21H34N2O6. The van der Waals surface area contributed by atoms with Crippen LogP contribution in [0.25, 0.3) is 0 Å². The zero-order valence-corrected chi connectivity index (χ0v) is 18.2. The van der Waals surface area contributed by atoms with Gasteiger partial charge in [-0.15, -0.1) is 0 Å². The van der Waals surface area contributed by atoms with Crippen LogP contribution in [0.1, 0.15) is 54.4 Å². The van der Waals surface area contributed by atoms with E-state index < -0.39 is 47.1 Å². The third kappa shape index (κ3) is 3.44. The second kappa shape index (κ2) is 7.54. The maximum Gasteiger partial charge on any atom is 0.312 e. The molecule has 0 saturated carbocycles. The second-order valence-corrected chi connectivity index (χ2v) is 9.79. The molecule has 0 aromatic carbocycles. The van der Waals surface area contributed by atoms with Gasteiger partial charge in [-0.1, -0.05) is 13.8 Å². The van der Waals surface area contributed by atoms with Gasteiger partial charge >= 0.3 is 5.97 Å². The molecule has 8 heteroatoms. The first kappa shape index (κ1) is 22.0. The monoisotopic (exact) mass is 410 g/mol. The van der Waals surface area contributed by atoms with Gasteiger partial charge in [0.1, 0.15) is 11.6 Å². The quantitative estimate of drug-likeness (QED) is 0.629. The normalized spacial score (nSPS) is 34.5. The Morgan fingerprint density at radius 3 is 2.55 bits per heavy atom. The predicted octanol–water partition coefficient (Wildman–Crippen LogP) is 0.856. The van der Waals surface area contributed by atoms with Crippen molar-refractivity contribution in [1.29, 1.82) is 0 Å². The number of carbonyl (C=O) groups is 3. The second-order valence-electron chi connectivity index (χ2n) is 9.79. The molecule has 0 aliphatic carbocycles. The number of amides is 2. The summed E-state index contributed by atoms with van der Waals surface area (Å²) < 4.78 is 11.5. The molecule has 3 heterocycles. The zero-order chi connectivity index (χ0) is 21.7. The summed E-state index contributed by atoms with van der Waals surface area (Å²) in [5.74, 6) is -2.59. The van der Waals surface area contributed by atoms with Gasteiger partial charge in [0.05, 0.1) is 37.2 Å². The molecule has 0 aromatic rings. The smallest absolute Gasteiger partial charge is 0.312 e. The number of rotatable bonds is 6. The number of hydrogen-bond acceptors (Lipinski definition) is 6. The molecule has 0 aromatic heterocycles. The summed E-state index contributed by atoms with van der Waals surface area (Å²) >= 11 is 0. The molecule has 3 rings (SSSR count). The van der Waals surface area contributed by atoms with E-state index in [0.29, 0.717) is 12.8 Å². The first-order valence-electron chi connectivity index (χ1n) is 10.6. The number of nitrogens with zero attached hydrogens (tertiary/aromatic N) is 1. The van der Waals surface area contributed by atoms with Gasteiger partial charge in [0.25, 0.3) is 0 Å². The maximum atomic E-state index is 13.6. The maximum absolute atomic E-state index is 13.6. The molecule has 8 nitrogen and oxygen atoms in total. The fourth-order valence-corrected chi connectivity index (χ4v) is 5.31. The Kier molecular flexibility index (Phi) is 5.73. The third-order valence-electron chi connectivity index (χ3n) is 6.36. The predicted molar refractivity (Wildman–Crippen MR) is 105 cm³/mol. The van der Waals surface area contributed by atoms with Crippen molar-refractivity contribution < 1.29 is 29.0 Å². The first-order valence-corrected chi connectivity index (χ1v) is 10.6. The van der Waals surface area contributed by atoms with Crippen LogP contribution in [0.15, 0.2) is 0 Å². The van der Waals surface area contributed by atoms with Gasteiger partial charge in [-0.05, 0) is 46.5 Å². The molecule has 164 valence electrons. The number of carbonyl (C=O) groups excluding carboxylic acids is 3. The van der Waals surface area contributed by atoms with Crippen molar-refractivity contribution >= 4 is 17.8 Å². The van der Waals surface area contributed by atoms with Crippen LogP contribution < -0.4 is 5.32 Å². The molecule has 3 aliphatic rings. The number of likely N-dealkylation sites (tertiary alicyclic amines) is 1. The Labute approximate surface area is 172 Å². The summed E-state index contributed by atoms with van der Waals surface area (Å²) in [6, 6.07) is -1.42. The van der Waals surface area contributed by atoms with E-state index in [1.165, 1.54) is 4.90 Å². The molecule has 2 amide bonds.